The third-order valence-corrected chi connectivity index (χ3v) is 3.66. The Balaban J connectivity index is 1.87. The van der Waals surface area contributed by atoms with Crippen LogP contribution in [0.4, 0.5) is 0 Å². The lowest BCUT2D eigenvalue weighted by atomic mass is 10.0. The number of carbonyl (C=O) groups excluding carboxylic acids is 1. The topological polar surface area (TPSA) is 48.4 Å². The number of aromatic nitrogens is 1. The van der Waals surface area contributed by atoms with E-state index in [4.69, 9.17) is 9.47 Å². The standard InChI is InChI=1S/C15H12BrNO3/c1-19-15(18)9-5-6-12-10(7-9)8-13(20-12)11-3-2-4-14(16)17-11/h2-7,13H,8H2,1H3. The second kappa shape index (κ2) is 5.25. The number of hydrogen-bond donors (Lipinski definition) is 0. The summed E-state index contributed by atoms with van der Waals surface area (Å²) in [6, 6.07) is 11.1. The van der Waals surface area contributed by atoms with E-state index in [-0.39, 0.29) is 12.1 Å². The highest BCUT2D eigenvalue weighted by molar-refractivity contribution is 9.10. The van der Waals surface area contributed by atoms with Gasteiger partial charge in [-0.2, -0.15) is 0 Å². The van der Waals surface area contributed by atoms with Crippen LogP contribution in [0.2, 0.25) is 0 Å². The monoisotopic (exact) mass is 333 g/mol. The summed E-state index contributed by atoms with van der Waals surface area (Å²) in [6.45, 7) is 0. The summed E-state index contributed by atoms with van der Waals surface area (Å²) in [5.74, 6) is 0.459. The van der Waals surface area contributed by atoms with Gasteiger partial charge in [0.1, 0.15) is 16.5 Å². The predicted octanol–water partition coefficient (Wildman–Crippen LogP) is 3.31. The summed E-state index contributed by atoms with van der Waals surface area (Å²) < 4.78 is 11.4. The Labute approximate surface area is 124 Å². The number of rotatable bonds is 2. The fraction of sp³-hybridized carbons (Fsp3) is 0.200. The normalized spacial score (nSPS) is 16.4. The van der Waals surface area contributed by atoms with Crippen molar-refractivity contribution >= 4 is 21.9 Å². The maximum absolute atomic E-state index is 11.5. The minimum atomic E-state index is -0.336. The van der Waals surface area contributed by atoms with Crippen LogP contribution in [-0.2, 0) is 11.2 Å². The van der Waals surface area contributed by atoms with Crippen LogP contribution in [0.5, 0.6) is 5.75 Å². The maximum Gasteiger partial charge on any atom is 0.337 e. The van der Waals surface area contributed by atoms with Crippen molar-refractivity contribution in [3.63, 3.8) is 0 Å². The number of fused-ring (bicyclic) bond motifs is 1. The smallest absolute Gasteiger partial charge is 0.337 e. The molecular weight excluding hydrogens is 322 g/mol. The Kier molecular flexibility index (Phi) is 3.44. The summed E-state index contributed by atoms with van der Waals surface area (Å²) in [4.78, 5) is 15.9. The van der Waals surface area contributed by atoms with Crippen molar-refractivity contribution in [2.45, 2.75) is 12.5 Å². The number of esters is 1. The van der Waals surface area contributed by atoms with Crippen LogP contribution < -0.4 is 4.74 Å². The first kappa shape index (κ1) is 13.1. The van der Waals surface area contributed by atoms with E-state index in [0.29, 0.717) is 12.0 Å². The molecule has 2 heterocycles. The summed E-state index contributed by atoms with van der Waals surface area (Å²) in [5.41, 5.74) is 2.41. The molecule has 0 saturated heterocycles. The lowest BCUT2D eigenvalue weighted by Gasteiger charge is -2.09. The van der Waals surface area contributed by atoms with Gasteiger partial charge in [-0.15, -0.1) is 0 Å². The number of hydrogen-bond acceptors (Lipinski definition) is 4. The first-order valence-electron chi connectivity index (χ1n) is 6.18. The van der Waals surface area contributed by atoms with E-state index in [2.05, 4.69) is 20.9 Å². The molecule has 0 N–H and O–H groups in total. The van der Waals surface area contributed by atoms with Crippen molar-refractivity contribution in [1.82, 2.24) is 4.98 Å². The lowest BCUT2D eigenvalue weighted by Crippen LogP contribution is -2.05. The summed E-state index contributed by atoms with van der Waals surface area (Å²) in [5, 5.41) is 0. The van der Waals surface area contributed by atoms with Crippen LogP contribution in [-0.4, -0.2) is 18.1 Å². The molecule has 1 aliphatic rings. The first-order chi connectivity index (χ1) is 9.67. The molecule has 0 aliphatic carbocycles. The van der Waals surface area contributed by atoms with Crippen LogP contribution in [0.1, 0.15) is 27.7 Å². The van der Waals surface area contributed by atoms with E-state index in [9.17, 15) is 4.79 Å². The second-order valence-corrected chi connectivity index (χ2v) is 5.32. The molecule has 102 valence electrons. The van der Waals surface area contributed by atoms with E-state index < -0.39 is 0 Å². The van der Waals surface area contributed by atoms with Gasteiger partial charge in [0.15, 0.2) is 0 Å². The number of pyridine rings is 1. The molecule has 1 atom stereocenters. The molecule has 0 spiro atoms. The molecule has 2 aromatic rings. The summed E-state index contributed by atoms with van der Waals surface area (Å²) >= 11 is 3.36. The lowest BCUT2D eigenvalue weighted by molar-refractivity contribution is 0.0600. The van der Waals surface area contributed by atoms with E-state index in [1.54, 1.807) is 12.1 Å². The Morgan fingerprint density at radius 1 is 1.40 bits per heavy atom. The molecule has 0 fully saturated rings. The highest BCUT2D eigenvalue weighted by Gasteiger charge is 2.26. The number of nitrogens with zero attached hydrogens (tertiary/aromatic N) is 1. The molecular formula is C15H12BrNO3. The Bertz CT molecular complexity index is 672. The quantitative estimate of drug-likeness (QED) is 0.625. The molecule has 0 radical (unpaired) electrons. The fourth-order valence-electron chi connectivity index (χ4n) is 2.26. The Hall–Kier alpha value is -1.88. The van der Waals surface area contributed by atoms with Crippen LogP contribution in [0.3, 0.4) is 0 Å². The van der Waals surface area contributed by atoms with Crippen LogP contribution >= 0.6 is 15.9 Å². The van der Waals surface area contributed by atoms with E-state index in [1.165, 1.54) is 7.11 Å². The van der Waals surface area contributed by atoms with Crippen molar-refractivity contribution in [1.29, 1.82) is 0 Å². The van der Waals surface area contributed by atoms with Gasteiger partial charge in [-0.05, 0) is 51.8 Å². The van der Waals surface area contributed by atoms with E-state index in [1.807, 2.05) is 24.3 Å². The van der Waals surface area contributed by atoms with Gasteiger partial charge in [-0.1, -0.05) is 6.07 Å². The average molecular weight is 334 g/mol. The van der Waals surface area contributed by atoms with E-state index in [0.717, 1.165) is 21.6 Å². The van der Waals surface area contributed by atoms with Gasteiger partial charge in [-0.25, -0.2) is 9.78 Å². The Morgan fingerprint density at radius 2 is 2.25 bits per heavy atom. The summed E-state index contributed by atoms with van der Waals surface area (Å²) in [6.07, 6.45) is 0.583. The van der Waals surface area contributed by atoms with Crippen molar-refractivity contribution in [2.24, 2.45) is 0 Å². The number of benzene rings is 1. The third kappa shape index (κ3) is 2.41. The Morgan fingerprint density at radius 3 is 3.00 bits per heavy atom. The molecule has 0 amide bonds. The third-order valence-electron chi connectivity index (χ3n) is 3.22. The van der Waals surface area contributed by atoms with Crippen molar-refractivity contribution in [3.05, 3.63) is 57.8 Å². The number of halogens is 1. The molecule has 1 unspecified atom stereocenters. The predicted molar refractivity (Wildman–Crippen MR) is 76.8 cm³/mol. The highest BCUT2D eigenvalue weighted by atomic mass is 79.9. The molecule has 5 heteroatoms. The van der Waals surface area contributed by atoms with Gasteiger partial charge in [0.2, 0.25) is 0 Å². The molecule has 0 bridgehead atoms. The molecule has 4 nitrogen and oxygen atoms in total. The van der Waals surface area contributed by atoms with Gasteiger partial charge in [0.25, 0.3) is 0 Å². The summed E-state index contributed by atoms with van der Waals surface area (Å²) in [7, 11) is 1.38. The maximum atomic E-state index is 11.5. The van der Waals surface area contributed by atoms with Crippen molar-refractivity contribution < 1.29 is 14.3 Å². The largest absolute Gasteiger partial charge is 0.483 e. The molecule has 3 rings (SSSR count). The number of methoxy groups -OCH3 is 1. The van der Waals surface area contributed by atoms with Gasteiger partial charge >= 0.3 is 5.97 Å². The van der Waals surface area contributed by atoms with Crippen LogP contribution in [0.25, 0.3) is 0 Å². The molecule has 0 saturated carbocycles. The zero-order valence-corrected chi connectivity index (χ0v) is 12.4. The molecule has 1 aliphatic heterocycles. The fourth-order valence-corrected chi connectivity index (χ4v) is 2.62. The SMILES string of the molecule is COC(=O)c1ccc2c(c1)CC(c1cccc(Br)n1)O2. The number of ether oxygens (including phenoxy) is 2. The van der Waals surface area contributed by atoms with Crippen molar-refractivity contribution in [2.75, 3.05) is 7.11 Å². The minimum absolute atomic E-state index is 0.115. The zero-order chi connectivity index (χ0) is 14.1. The highest BCUT2D eigenvalue weighted by Crippen LogP contribution is 2.36. The number of carbonyl (C=O) groups is 1. The minimum Gasteiger partial charge on any atom is -0.483 e. The molecule has 1 aromatic heterocycles. The van der Waals surface area contributed by atoms with Gasteiger partial charge in [-0.3, -0.25) is 0 Å². The van der Waals surface area contributed by atoms with Crippen molar-refractivity contribution in [3.8, 4) is 5.75 Å². The molecule has 20 heavy (non-hydrogen) atoms. The van der Waals surface area contributed by atoms with Gasteiger partial charge in [0.05, 0.1) is 18.4 Å². The molecule has 1 aromatic carbocycles. The van der Waals surface area contributed by atoms with E-state index >= 15 is 0 Å². The second-order valence-electron chi connectivity index (χ2n) is 4.51. The van der Waals surface area contributed by atoms with Gasteiger partial charge in [0, 0.05) is 6.42 Å². The first-order valence-corrected chi connectivity index (χ1v) is 6.97. The van der Waals surface area contributed by atoms with Crippen LogP contribution in [0, 0.1) is 0 Å². The average Bonchev–Trinajstić information content (AvgIpc) is 2.89. The zero-order valence-electron chi connectivity index (χ0n) is 10.8. The van der Waals surface area contributed by atoms with Gasteiger partial charge < -0.3 is 9.47 Å². The van der Waals surface area contributed by atoms with Crippen LogP contribution in [0.15, 0.2) is 41.0 Å².